The Balaban J connectivity index is 2.10. The SMILES string of the molecule is CCCn1ncc(Cl)c1C(CCc1ccncc1)NN. The van der Waals surface area contributed by atoms with Crippen molar-refractivity contribution in [3.63, 3.8) is 0 Å². The van der Waals surface area contributed by atoms with Gasteiger partial charge < -0.3 is 0 Å². The summed E-state index contributed by atoms with van der Waals surface area (Å²) in [6.07, 6.45) is 8.06. The summed E-state index contributed by atoms with van der Waals surface area (Å²) in [5.74, 6) is 5.70. The molecule has 5 nitrogen and oxygen atoms in total. The monoisotopic (exact) mass is 293 g/mol. The Hall–Kier alpha value is -1.43. The number of hydrogen-bond acceptors (Lipinski definition) is 4. The van der Waals surface area contributed by atoms with Gasteiger partial charge in [-0.25, -0.2) is 0 Å². The van der Waals surface area contributed by atoms with Crippen molar-refractivity contribution >= 4 is 11.6 Å². The molecule has 0 amide bonds. The van der Waals surface area contributed by atoms with Crippen LogP contribution in [-0.4, -0.2) is 14.8 Å². The molecule has 6 heteroatoms. The van der Waals surface area contributed by atoms with Crippen LogP contribution in [0, 0.1) is 0 Å². The summed E-state index contributed by atoms with van der Waals surface area (Å²) in [7, 11) is 0. The van der Waals surface area contributed by atoms with Crippen molar-refractivity contribution in [2.24, 2.45) is 5.84 Å². The predicted molar refractivity (Wildman–Crippen MR) is 80.2 cm³/mol. The highest BCUT2D eigenvalue weighted by Crippen LogP contribution is 2.26. The molecule has 2 rings (SSSR count). The number of aromatic nitrogens is 3. The molecule has 3 N–H and O–H groups in total. The van der Waals surface area contributed by atoms with Crippen molar-refractivity contribution in [3.8, 4) is 0 Å². The van der Waals surface area contributed by atoms with Crippen LogP contribution in [0.3, 0.4) is 0 Å². The van der Waals surface area contributed by atoms with Gasteiger partial charge in [-0.2, -0.15) is 5.10 Å². The first-order valence-electron chi connectivity index (χ1n) is 6.82. The van der Waals surface area contributed by atoms with Crippen LogP contribution in [0.25, 0.3) is 0 Å². The average Bonchev–Trinajstić information content (AvgIpc) is 2.83. The largest absolute Gasteiger partial charge is 0.271 e. The minimum Gasteiger partial charge on any atom is -0.271 e. The van der Waals surface area contributed by atoms with E-state index >= 15 is 0 Å². The van der Waals surface area contributed by atoms with E-state index in [2.05, 4.69) is 22.4 Å². The number of rotatable bonds is 7. The molecule has 1 unspecified atom stereocenters. The van der Waals surface area contributed by atoms with Gasteiger partial charge in [-0.05, 0) is 37.0 Å². The molecule has 0 aliphatic heterocycles. The van der Waals surface area contributed by atoms with Gasteiger partial charge in [-0.15, -0.1) is 0 Å². The molecule has 0 radical (unpaired) electrons. The van der Waals surface area contributed by atoms with Gasteiger partial charge in [0.25, 0.3) is 0 Å². The summed E-state index contributed by atoms with van der Waals surface area (Å²) in [4.78, 5) is 4.02. The first-order chi connectivity index (χ1) is 9.76. The molecule has 20 heavy (non-hydrogen) atoms. The minimum absolute atomic E-state index is 0.00952. The molecule has 108 valence electrons. The molecule has 0 spiro atoms. The van der Waals surface area contributed by atoms with E-state index in [1.165, 1.54) is 5.56 Å². The number of nitrogens with zero attached hydrogens (tertiary/aromatic N) is 3. The van der Waals surface area contributed by atoms with Crippen LogP contribution in [0.2, 0.25) is 5.02 Å². The number of pyridine rings is 1. The highest BCUT2D eigenvalue weighted by Gasteiger charge is 2.19. The zero-order chi connectivity index (χ0) is 14.4. The van der Waals surface area contributed by atoms with Crippen LogP contribution < -0.4 is 11.3 Å². The highest BCUT2D eigenvalue weighted by molar-refractivity contribution is 6.31. The Morgan fingerprint density at radius 2 is 2.15 bits per heavy atom. The molecule has 0 saturated carbocycles. The van der Waals surface area contributed by atoms with Crippen molar-refractivity contribution in [1.82, 2.24) is 20.2 Å². The summed E-state index contributed by atoms with van der Waals surface area (Å²) < 4.78 is 1.93. The van der Waals surface area contributed by atoms with Gasteiger partial charge in [0, 0.05) is 18.9 Å². The van der Waals surface area contributed by atoms with E-state index in [0.29, 0.717) is 5.02 Å². The third-order valence-corrected chi connectivity index (χ3v) is 3.56. The molecule has 0 saturated heterocycles. The van der Waals surface area contributed by atoms with Crippen molar-refractivity contribution in [1.29, 1.82) is 0 Å². The molecule has 0 aliphatic carbocycles. The molecule has 0 bridgehead atoms. The van der Waals surface area contributed by atoms with Gasteiger partial charge in [0.2, 0.25) is 0 Å². The van der Waals surface area contributed by atoms with Crippen LogP contribution in [0.15, 0.2) is 30.7 Å². The predicted octanol–water partition coefficient (Wildman–Crippen LogP) is 2.48. The van der Waals surface area contributed by atoms with Gasteiger partial charge in [0.05, 0.1) is 23.0 Å². The number of nitrogens with one attached hydrogen (secondary N) is 1. The van der Waals surface area contributed by atoms with E-state index in [-0.39, 0.29) is 6.04 Å². The number of hydrazine groups is 1. The van der Waals surface area contributed by atoms with E-state index in [9.17, 15) is 0 Å². The van der Waals surface area contributed by atoms with Gasteiger partial charge in [-0.1, -0.05) is 18.5 Å². The topological polar surface area (TPSA) is 68.8 Å². The molecule has 2 heterocycles. The third kappa shape index (κ3) is 3.56. The number of aryl methyl sites for hydroxylation is 2. The van der Waals surface area contributed by atoms with Crippen LogP contribution in [-0.2, 0) is 13.0 Å². The molecule has 0 aliphatic rings. The molecule has 0 aromatic carbocycles. The van der Waals surface area contributed by atoms with Crippen molar-refractivity contribution in [2.45, 2.75) is 38.8 Å². The lowest BCUT2D eigenvalue weighted by Crippen LogP contribution is -2.30. The third-order valence-electron chi connectivity index (χ3n) is 3.27. The van der Waals surface area contributed by atoms with Crippen molar-refractivity contribution in [3.05, 3.63) is 47.0 Å². The summed E-state index contributed by atoms with van der Waals surface area (Å²) >= 11 is 6.25. The van der Waals surface area contributed by atoms with E-state index < -0.39 is 0 Å². The summed E-state index contributed by atoms with van der Waals surface area (Å²) in [6.45, 7) is 2.96. The molecule has 2 aromatic rings. The van der Waals surface area contributed by atoms with Gasteiger partial charge in [0.1, 0.15) is 0 Å². The highest BCUT2D eigenvalue weighted by atomic mass is 35.5. The van der Waals surface area contributed by atoms with Crippen molar-refractivity contribution < 1.29 is 0 Å². The number of nitrogens with two attached hydrogens (primary N) is 1. The van der Waals surface area contributed by atoms with E-state index in [0.717, 1.165) is 31.5 Å². The fraction of sp³-hybridized carbons (Fsp3) is 0.429. The fourth-order valence-corrected chi connectivity index (χ4v) is 2.54. The second-order valence-corrected chi connectivity index (χ2v) is 5.12. The quantitative estimate of drug-likeness (QED) is 0.608. The Morgan fingerprint density at radius 3 is 2.80 bits per heavy atom. The maximum Gasteiger partial charge on any atom is 0.0834 e. The van der Waals surface area contributed by atoms with E-state index in [4.69, 9.17) is 17.4 Å². The smallest absolute Gasteiger partial charge is 0.0834 e. The van der Waals surface area contributed by atoms with Crippen LogP contribution >= 0.6 is 11.6 Å². The number of hydrogen-bond donors (Lipinski definition) is 2. The van der Waals surface area contributed by atoms with Crippen molar-refractivity contribution in [2.75, 3.05) is 0 Å². The van der Waals surface area contributed by atoms with E-state index in [1.807, 2.05) is 16.8 Å². The zero-order valence-corrected chi connectivity index (χ0v) is 12.3. The zero-order valence-electron chi connectivity index (χ0n) is 11.6. The summed E-state index contributed by atoms with van der Waals surface area (Å²) in [6, 6.07) is 4.02. The standard InChI is InChI=1S/C14H20ClN5/c1-2-9-20-14(12(15)10-18-20)13(19-16)4-3-11-5-7-17-8-6-11/h5-8,10,13,19H,2-4,9,16H2,1H3. The van der Waals surface area contributed by atoms with Crippen LogP contribution in [0.5, 0.6) is 0 Å². The summed E-state index contributed by atoms with van der Waals surface area (Å²) in [5.41, 5.74) is 5.05. The average molecular weight is 294 g/mol. The number of halogens is 1. The lowest BCUT2D eigenvalue weighted by molar-refractivity contribution is 0.458. The first kappa shape index (κ1) is 15.0. The molecular formula is C14H20ClN5. The first-order valence-corrected chi connectivity index (χ1v) is 7.20. The minimum atomic E-state index is -0.00952. The van der Waals surface area contributed by atoms with Crippen LogP contribution in [0.4, 0.5) is 0 Å². The second kappa shape index (κ2) is 7.38. The lowest BCUT2D eigenvalue weighted by atomic mass is 10.0. The normalized spacial score (nSPS) is 12.6. The Morgan fingerprint density at radius 1 is 1.40 bits per heavy atom. The maximum atomic E-state index is 6.25. The second-order valence-electron chi connectivity index (χ2n) is 4.71. The molecule has 1 atom stereocenters. The lowest BCUT2D eigenvalue weighted by Gasteiger charge is -2.18. The Bertz CT molecular complexity index is 526. The molecule has 0 fully saturated rings. The Labute approximate surface area is 124 Å². The van der Waals surface area contributed by atoms with E-state index in [1.54, 1.807) is 18.6 Å². The van der Waals surface area contributed by atoms with Gasteiger partial charge >= 0.3 is 0 Å². The molecular weight excluding hydrogens is 274 g/mol. The molecule has 2 aromatic heterocycles. The van der Waals surface area contributed by atoms with Gasteiger partial charge in [-0.3, -0.25) is 20.9 Å². The van der Waals surface area contributed by atoms with Gasteiger partial charge in [0.15, 0.2) is 0 Å². The summed E-state index contributed by atoms with van der Waals surface area (Å²) in [5, 5.41) is 4.97. The maximum absolute atomic E-state index is 6.25. The van der Waals surface area contributed by atoms with Crippen LogP contribution in [0.1, 0.15) is 37.1 Å². The Kier molecular flexibility index (Phi) is 5.52. The fourth-order valence-electron chi connectivity index (χ4n) is 2.27.